The number of hydrogen-bond donors (Lipinski definition) is 1. The van der Waals surface area contributed by atoms with Gasteiger partial charge in [0.1, 0.15) is 5.01 Å². The number of thiazole rings is 1. The third-order valence-corrected chi connectivity index (χ3v) is 5.44. The topological polar surface area (TPSA) is 34.1 Å². The summed E-state index contributed by atoms with van der Waals surface area (Å²) in [7, 11) is 1.80. The van der Waals surface area contributed by atoms with Crippen molar-refractivity contribution < 1.29 is 4.74 Å². The van der Waals surface area contributed by atoms with E-state index in [4.69, 9.17) is 9.72 Å². The third kappa shape index (κ3) is 3.18. The highest BCUT2D eigenvalue weighted by atomic mass is 32.1. The standard InChI is InChI=1S/C15H24N2OS/c1-15(2,18-3)9-12(16-10-7-8-10)14-17-11-5-4-6-13(11)19-14/h10,12,16H,4-9H2,1-3H3. The Bertz CT molecular complexity index is 429. The number of aromatic nitrogens is 1. The Labute approximate surface area is 119 Å². The molecule has 1 heterocycles. The van der Waals surface area contributed by atoms with E-state index in [1.54, 1.807) is 7.11 Å². The summed E-state index contributed by atoms with van der Waals surface area (Å²) < 4.78 is 5.61. The molecule has 106 valence electrons. The summed E-state index contributed by atoms with van der Waals surface area (Å²) >= 11 is 1.92. The Morgan fingerprint density at radius 2 is 2.21 bits per heavy atom. The summed E-state index contributed by atoms with van der Waals surface area (Å²) in [6, 6.07) is 1.06. The molecule has 2 aliphatic carbocycles. The minimum absolute atomic E-state index is 0.0946. The van der Waals surface area contributed by atoms with Crippen molar-refractivity contribution in [3.05, 3.63) is 15.6 Å². The average Bonchev–Trinajstić information content (AvgIpc) is 2.91. The van der Waals surface area contributed by atoms with Crippen LogP contribution in [0.25, 0.3) is 0 Å². The van der Waals surface area contributed by atoms with E-state index < -0.39 is 0 Å². The second-order valence-electron chi connectivity index (χ2n) is 6.44. The Morgan fingerprint density at radius 3 is 2.84 bits per heavy atom. The van der Waals surface area contributed by atoms with Gasteiger partial charge in [-0.15, -0.1) is 11.3 Å². The van der Waals surface area contributed by atoms with Crippen molar-refractivity contribution in [1.82, 2.24) is 10.3 Å². The number of aryl methyl sites for hydroxylation is 2. The molecular formula is C15H24N2OS. The smallest absolute Gasteiger partial charge is 0.110 e. The number of nitrogens with one attached hydrogen (secondary N) is 1. The summed E-state index contributed by atoms with van der Waals surface area (Å²) in [6.45, 7) is 4.33. The summed E-state index contributed by atoms with van der Waals surface area (Å²) in [5.74, 6) is 0. The molecule has 0 bridgehead atoms. The number of hydrogen-bond acceptors (Lipinski definition) is 4. The number of fused-ring (bicyclic) bond motifs is 1. The maximum atomic E-state index is 5.61. The zero-order chi connectivity index (χ0) is 13.5. The van der Waals surface area contributed by atoms with Gasteiger partial charge in [0.05, 0.1) is 17.3 Å². The molecule has 1 aromatic heterocycles. The lowest BCUT2D eigenvalue weighted by Crippen LogP contribution is -2.33. The van der Waals surface area contributed by atoms with Gasteiger partial charge < -0.3 is 10.1 Å². The van der Waals surface area contributed by atoms with Gasteiger partial charge in [-0.3, -0.25) is 0 Å². The molecule has 0 spiro atoms. The lowest BCUT2D eigenvalue weighted by molar-refractivity contribution is 0.00663. The van der Waals surface area contributed by atoms with Crippen molar-refractivity contribution in [1.29, 1.82) is 0 Å². The second kappa shape index (κ2) is 5.15. The van der Waals surface area contributed by atoms with E-state index in [1.807, 2.05) is 11.3 Å². The monoisotopic (exact) mass is 280 g/mol. The first-order valence-electron chi connectivity index (χ1n) is 7.37. The highest BCUT2D eigenvalue weighted by molar-refractivity contribution is 7.11. The van der Waals surface area contributed by atoms with Crippen molar-refractivity contribution in [3.63, 3.8) is 0 Å². The molecular weight excluding hydrogens is 256 g/mol. The first kappa shape index (κ1) is 13.5. The SMILES string of the molecule is COC(C)(C)CC(NC1CC1)c1nc2c(s1)CCC2. The van der Waals surface area contributed by atoms with E-state index >= 15 is 0 Å². The largest absolute Gasteiger partial charge is 0.379 e. The third-order valence-electron chi connectivity index (χ3n) is 4.17. The Balaban J connectivity index is 1.76. The molecule has 19 heavy (non-hydrogen) atoms. The Kier molecular flexibility index (Phi) is 3.67. The number of rotatable bonds is 6. The van der Waals surface area contributed by atoms with E-state index in [1.165, 1.54) is 47.7 Å². The summed E-state index contributed by atoms with van der Waals surface area (Å²) in [4.78, 5) is 6.41. The molecule has 0 saturated heterocycles. The number of ether oxygens (including phenoxy) is 1. The van der Waals surface area contributed by atoms with Crippen LogP contribution in [-0.2, 0) is 17.6 Å². The van der Waals surface area contributed by atoms with Crippen LogP contribution in [0.3, 0.4) is 0 Å². The zero-order valence-corrected chi connectivity index (χ0v) is 13.0. The van der Waals surface area contributed by atoms with Gasteiger partial charge in [0.2, 0.25) is 0 Å². The second-order valence-corrected chi connectivity index (χ2v) is 7.55. The first-order chi connectivity index (χ1) is 9.07. The van der Waals surface area contributed by atoms with Crippen LogP contribution in [0.4, 0.5) is 0 Å². The van der Waals surface area contributed by atoms with Crippen LogP contribution in [0.15, 0.2) is 0 Å². The van der Waals surface area contributed by atoms with Crippen molar-refractivity contribution in [2.24, 2.45) is 0 Å². The molecule has 1 N–H and O–H groups in total. The molecule has 3 rings (SSSR count). The van der Waals surface area contributed by atoms with Crippen molar-refractivity contribution >= 4 is 11.3 Å². The van der Waals surface area contributed by atoms with Crippen molar-refractivity contribution in [2.45, 2.75) is 70.1 Å². The van der Waals surface area contributed by atoms with E-state index in [0.717, 1.165) is 6.42 Å². The van der Waals surface area contributed by atoms with Gasteiger partial charge in [-0.25, -0.2) is 4.98 Å². The molecule has 0 radical (unpaired) electrons. The summed E-state index contributed by atoms with van der Waals surface area (Å²) in [5, 5.41) is 5.03. The van der Waals surface area contributed by atoms with Crippen LogP contribution in [0.2, 0.25) is 0 Å². The van der Waals surface area contributed by atoms with Crippen LogP contribution < -0.4 is 5.32 Å². The fourth-order valence-electron chi connectivity index (χ4n) is 2.69. The molecule has 0 aliphatic heterocycles. The maximum absolute atomic E-state index is 5.61. The van der Waals surface area contributed by atoms with E-state index in [0.29, 0.717) is 12.1 Å². The molecule has 0 amide bonds. The van der Waals surface area contributed by atoms with Gasteiger partial charge in [-0.05, 0) is 52.4 Å². The van der Waals surface area contributed by atoms with E-state index in [2.05, 4.69) is 19.2 Å². The van der Waals surface area contributed by atoms with Crippen LogP contribution in [0.1, 0.15) is 61.2 Å². The van der Waals surface area contributed by atoms with Gasteiger partial charge in [-0.1, -0.05) is 0 Å². The minimum Gasteiger partial charge on any atom is -0.379 e. The van der Waals surface area contributed by atoms with Crippen molar-refractivity contribution in [2.75, 3.05) is 7.11 Å². The van der Waals surface area contributed by atoms with Gasteiger partial charge in [0.15, 0.2) is 0 Å². The molecule has 1 saturated carbocycles. The van der Waals surface area contributed by atoms with Crippen LogP contribution in [-0.4, -0.2) is 23.7 Å². The number of nitrogens with zero attached hydrogens (tertiary/aromatic N) is 1. The average molecular weight is 280 g/mol. The molecule has 1 atom stereocenters. The normalized spacial score (nSPS) is 20.6. The highest BCUT2D eigenvalue weighted by Crippen LogP contribution is 2.36. The lowest BCUT2D eigenvalue weighted by Gasteiger charge is -2.28. The van der Waals surface area contributed by atoms with Crippen molar-refractivity contribution in [3.8, 4) is 0 Å². The predicted molar refractivity (Wildman–Crippen MR) is 78.7 cm³/mol. The molecule has 4 heteroatoms. The van der Waals surface area contributed by atoms with Gasteiger partial charge in [0.25, 0.3) is 0 Å². The van der Waals surface area contributed by atoms with Crippen LogP contribution in [0.5, 0.6) is 0 Å². The van der Waals surface area contributed by atoms with Gasteiger partial charge in [0, 0.05) is 18.0 Å². The van der Waals surface area contributed by atoms with E-state index in [-0.39, 0.29) is 5.60 Å². The van der Waals surface area contributed by atoms with Crippen LogP contribution in [0, 0.1) is 0 Å². The molecule has 1 unspecified atom stereocenters. The zero-order valence-electron chi connectivity index (χ0n) is 12.2. The summed E-state index contributed by atoms with van der Waals surface area (Å²) in [5.41, 5.74) is 1.26. The van der Waals surface area contributed by atoms with Gasteiger partial charge in [-0.2, -0.15) is 0 Å². The molecule has 0 aromatic carbocycles. The quantitative estimate of drug-likeness (QED) is 0.868. The molecule has 1 aromatic rings. The number of methoxy groups -OCH3 is 1. The van der Waals surface area contributed by atoms with Gasteiger partial charge >= 0.3 is 0 Å². The molecule has 2 aliphatic rings. The molecule has 1 fully saturated rings. The summed E-state index contributed by atoms with van der Waals surface area (Å²) in [6.07, 6.45) is 7.32. The fourth-order valence-corrected chi connectivity index (χ4v) is 3.90. The lowest BCUT2D eigenvalue weighted by atomic mass is 9.99. The maximum Gasteiger partial charge on any atom is 0.110 e. The Morgan fingerprint density at radius 1 is 1.42 bits per heavy atom. The minimum atomic E-state index is -0.0946. The van der Waals surface area contributed by atoms with E-state index in [9.17, 15) is 0 Å². The first-order valence-corrected chi connectivity index (χ1v) is 8.19. The molecule has 3 nitrogen and oxygen atoms in total. The van der Waals surface area contributed by atoms with Crippen LogP contribution >= 0.6 is 11.3 Å². The highest BCUT2D eigenvalue weighted by Gasteiger charge is 2.32. The predicted octanol–water partition coefficient (Wildman–Crippen LogP) is 3.24. The fraction of sp³-hybridized carbons (Fsp3) is 0.800. The Hall–Kier alpha value is -0.450.